The number of rotatable bonds is 4. The second-order valence-electron chi connectivity index (χ2n) is 6.73. The van der Waals surface area contributed by atoms with E-state index in [1.165, 1.54) is 11.6 Å². The minimum Gasteiger partial charge on any atom is -0.480 e. The molecule has 2 saturated heterocycles. The van der Waals surface area contributed by atoms with Crippen molar-refractivity contribution < 1.29 is 23.1 Å². The molecule has 26 heavy (non-hydrogen) atoms. The minimum absolute atomic E-state index is 0.172. The van der Waals surface area contributed by atoms with E-state index in [1.807, 2.05) is 30.3 Å². The Morgan fingerprint density at radius 2 is 2.04 bits per heavy atom. The number of β-lactam (4-membered cyclic amide) rings is 1. The summed E-state index contributed by atoms with van der Waals surface area (Å²) < 4.78 is 25.4. The van der Waals surface area contributed by atoms with Gasteiger partial charge in [-0.25, -0.2) is 13.2 Å². The van der Waals surface area contributed by atoms with Gasteiger partial charge in [-0.15, -0.1) is 5.10 Å². The van der Waals surface area contributed by atoms with Crippen molar-refractivity contribution in [3.63, 3.8) is 0 Å². The number of carboxylic acid groups (broad SMARTS) is 1. The average molecular weight is 376 g/mol. The van der Waals surface area contributed by atoms with Gasteiger partial charge in [-0.05, 0) is 6.92 Å². The van der Waals surface area contributed by atoms with Crippen LogP contribution < -0.4 is 0 Å². The Hall–Kier alpha value is -2.75. The molecule has 3 atom stereocenters. The first kappa shape index (κ1) is 16.7. The molecule has 2 aromatic rings. The number of amides is 1. The Morgan fingerprint density at radius 1 is 1.35 bits per heavy atom. The van der Waals surface area contributed by atoms with Gasteiger partial charge in [-0.2, -0.15) is 0 Å². The quantitative estimate of drug-likeness (QED) is 0.753. The highest BCUT2D eigenvalue weighted by Gasteiger charge is 2.70. The summed E-state index contributed by atoms with van der Waals surface area (Å²) in [5.41, 5.74) is 1.36. The van der Waals surface area contributed by atoms with Crippen LogP contribution in [0.4, 0.5) is 0 Å². The molecule has 0 radical (unpaired) electrons. The van der Waals surface area contributed by atoms with Gasteiger partial charge in [0.1, 0.15) is 15.8 Å². The molecule has 0 aliphatic carbocycles. The van der Waals surface area contributed by atoms with Crippen molar-refractivity contribution in [2.75, 3.05) is 0 Å². The van der Waals surface area contributed by atoms with Crippen LogP contribution in [-0.2, 0) is 26.0 Å². The minimum atomic E-state index is -3.87. The van der Waals surface area contributed by atoms with Gasteiger partial charge in [0.05, 0.1) is 19.2 Å². The highest BCUT2D eigenvalue weighted by Crippen LogP contribution is 2.46. The highest BCUT2D eigenvalue weighted by atomic mass is 32.2. The van der Waals surface area contributed by atoms with E-state index in [0.29, 0.717) is 5.69 Å². The van der Waals surface area contributed by atoms with Gasteiger partial charge in [-0.3, -0.25) is 9.48 Å². The lowest BCUT2D eigenvalue weighted by molar-refractivity contribution is -0.157. The topological polar surface area (TPSA) is 122 Å². The van der Waals surface area contributed by atoms with Crippen LogP contribution in [0.3, 0.4) is 0 Å². The maximum atomic E-state index is 12.9. The lowest BCUT2D eigenvalue weighted by Crippen LogP contribution is -2.58. The Bertz CT molecular complexity index is 1000. The fourth-order valence-corrected chi connectivity index (χ4v) is 6.09. The van der Waals surface area contributed by atoms with E-state index >= 15 is 0 Å². The third kappa shape index (κ3) is 2.11. The number of aliphatic carboxylic acids is 1. The summed E-state index contributed by atoms with van der Waals surface area (Å²) in [6.07, 6.45) is 1.40. The zero-order valence-corrected chi connectivity index (χ0v) is 14.6. The highest BCUT2D eigenvalue weighted by molar-refractivity contribution is 7.93. The number of fused-ring (bicyclic) bond motifs is 1. The molecule has 3 heterocycles. The average Bonchev–Trinajstić information content (AvgIpc) is 3.09. The number of sulfone groups is 1. The number of carbonyl (C=O) groups is 2. The van der Waals surface area contributed by atoms with E-state index in [-0.39, 0.29) is 13.0 Å². The van der Waals surface area contributed by atoms with E-state index in [4.69, 9.17) is 0 Å². The molecule has 0 unspecified atom stereocenters. The molecule has 0 saturated carbocycles. The molecule has 0 spiro atoms. The van der Waals surface area contributed by atoms with Crippen molar-refractivity contribution in [2.24, 2.45) is 0 Å². The monoisotopic (exact) mass is 376 g/mol. The Labute approximate surface area is 149 Å². The van der Waals surface area contributed by atoms with Crippen LogP contribution in [-0.4, -0.2) is 61.5 Å². The van der Waals surface area contributed by atoms with Crippen molar-refractivity contribution in [1.82, 2.24) is 19.9 Å². The van der Waals surface area contributed by atoms with Crippen LogP contribution in [0.1, 0.15) is 13.3 Å². The van der Waals surface area contributed by atoms with Crippen molar-refractivity contribution >= 4 is 21.7 Å². The first-order valence-corrected chi connectivity index (χ1v) is 9.53. The van der Waals surface area contributed by atoms with E-state index in [2.05, 4.69) is 10.3 Å². The molecule has 0 bridgehead atoms. The zero-order chi connectivity index (χ0) is 18.7. The molecule has 1 N–H and O–H groups in total. The number of carboxylic acids is 1. The van der Waals surface area contributed by atoms with Crippen molar-refractivity contribution in [3.05, 3.63) is 36.5 Å². The summed E-state index contributed by atoms with van der Waals surface area (Å²) in [7, 11) is -3.87. The molecule has 2 fully saturated rings. The van der Waals surface area contributed by atoms with Crippen LogP contribution >= 0.6 is 0 Å². The van der Waals surface area contributed by atoms with Gasteiger partial charge < -0.3 is 10.0 Å². The molecule has 2 aliphatic rings. The van der Waals surface area contributed by atoms with Crippen LogP contribution in [0.15, 0.2) is 36.5 Å². The van der Waals surface area contributed by atoms with Gasteiger partial charge in [0, 0.05) is 5.56 Å². The summed E-state index contributed by atoms with van der Waals surface area (Å²) in [6, 6.07) is 7.78. The third-order valence-corrected chi connectivity index (χ3v) is 7.89. The molecule has 4 rings (SSSR count). The summed E-state index contributed by atoms with van der Waals surface area (Å²) in [5, 5.41) is 16.5. The molecule has 10 heteroatoms. The standard InChI is InChI=1S/C16H16N4O5S/c1-16(9-19-8-11(17-18-19)10-5-3-2-4-6-10)14(15(22)23)20-12(21)7-13(20)26(16,24)25/h2-6,8,13-14H,7,9H2,1H3,(H,22,23)/t13-,14+,16+/m1/s1. The molecular formula is C16H16N4O5S. The number of carbonyl (C=O) groups excluding carboxylic acids is 1. The van der Waals surface area contributed by atoms with E-state index in [1.54, 1.807) is 6.20 Å². The van der Waals surface area contributed by atoms with E-state index in [9.17, 15) is 23.1 Å². The van der Waals surface area contributed by atoms with Crippen LogP contribution in [0, 0.1) is 0 Å². The number of aromatic nitrogens is 3. The SMILES string of the molecule is C[C@]1(Cn2cc(-c3ccccc3)nn2)[C@H](C(=O)O)N2C(=O)C[C@H]2S1(=O)=O. The predicted octanol–water partition coefficient (Wildman–Crippen LogP) is 0.144. The Morgan fingerprint density at radius 3 is 2.65 bits per heavy atom. The molecule has 9 nitrogen and oxygen atoms in total. The van der Waals surface area contributed by atoms with Gasteiger partial charge in [0.15, 0.2) is 15.9 Å². The maximum absolute atomic E-state index is 12.9. The largest absolute Gasteiger partial charge is 0.480 e. The predicted molar refractivity (Wildman–Crippen MR) is 89.5 cm³/mol. The summed E-state index contributed by atoms with van der Waals surface area (Å²) in [5.74, 6) is -1.80. The van der Waals surface area contributed by atoms with Crippen molar-refractivity contribution in [1.29, 1.82) is 0 Å². The molecule has 136 valence electrons. The third-order valence-electron chi connectivity index (χ3n) is 5.13. The van der Waals surface area contributed by atoms with Gasteiger partial charge in [0.2, 0.25) is 5.91 Å². The fourth-order valence-electron chi connectivity index (χ4n) is 3.73. The number of nitrogens with zero attached hydrogens (tertiary/aromatic N) is 4. The molecule has 1 aromatic heterocycles. The smallest absolute Gasteiger partial charge is 0.328 e. The van der Waals surface area contributed by atoms with Gasteiger partial charge >= 0.3 is 5.97 Å². The van der Waals surface area contributed by atoms with Crippen LogP contribution in [0.25, 0.3) is 11.3 Å². The Balaban J connectivity index is 1.71. The van der Waals surface area contributed by atoms with E-state index < -0.39 is 37.9 Å². The second-order valence-corrected chi connectivity index (χ2v) is 9.29. The summed E-state index contributed by atoms with van der Waals surface area (Å²) >= 11 is 0. The fraction of sp³-hybridized carbons (Fsp3) is 0.375. The molecular weight excluding hydrogens is 360 g/mol. The van der Waals surface area contributed by atoms with Gasteiger partial charge in [-0.1, -0.05) is 35.5 Å². The molecule has 2 aliphatic heterocycles. The first-order valence-electron chi connectivity index (χ1n) is 7.99. The molecule has 1 aromatic carbocycles. The second kappa shape index (κ2) is 5.37. The van der Waals surface area contributed by atoms with Crippen molar-refractivity contribution in [2.45, 2.75) is 36.1 Å². The Kier molecular flexibility index (Phi) is 3.45. The summed E-state index contributed by atoms with van der Waals surface area (Å²) in [4.78, 5) is 24.5. The van der Waals surface area contributed by atoms with Crippen LogP contribution in [0.5, 0.6) is 0 Å². The number of benzene rings is 1. The van der Waals surface area contributed by atoms with Crippen LogP contribution in [0.2, 0.25) is 0 Å². The first-order chi connectivity index (χ1) is 12.3. The lowest BCUT2D eigenvalue weighted by atomic mass is 9.96. The number of hydrogen-bond acceptors (Lipinski definition) is 6. The lowest BCUT2D eigenvalue weighted by Gasteiger charge is -2.35. The zero-order valence-electron chi connectivity index (χ0n) is 13.8. The van der Waals surface area contributed by atoms with E-state index in [0.717, 1.165) is 10.5 Å². The normalized spacial score (nSPS) is 29.3. The summed E-state index contributed by atoms with van der Waals surface area (Å²) in [6.45, 7) is 1.16. The maximum Gasteiger partial charge on any atom is 0.328 e. The molecule has 1 amide bonds. The van der Waals surface area contributed by atoms with Crippen molar-refractivity contribution in [3.8, 4) is 11.3 Å². The van der Waals surface area contributed by atoms with Gasteiger partial charge in [0.25, 0.3) is 0 Å². The number of hydrogen-bond donors (Lipinski definition) is 1.